The lowest BCUT2D eigenvalue weighted by atomic mass is 10.1. The minimum absolute atomic E-state index is 0.0277. The average molecular weight is 366 g/mol. The van der Waals surface area contributed by atoms with E-state index < -0.39 is 29.8 Å². The standard InChI is InChI=1S/C16H13F3N4O3/c1-9-12(8-20)14(25)23(5-6-24)15(26)13(9)22-21-11-4-2-3-10(7-11)16(17,18)19/h2-4,7,24-25H,5-6H2,1H3. The Morgan fingerprint density at radius 1 is 1.31 bits per heavy atom. The van der Waals surface area contributed by atoms with Crippen LogP contribution in [0.4, 0.5) is 24.5 Å². The second-order valence-electron chi connectivity index (χ2n) is 5.21. The lowest BCUT2D eigenvalue weighted by Gasteiger charge is -2.11. The zero-order valence-electron chi connectivity index (χ0n) is 13.4. The third kappa shape index (κ3) is 3.73. The Kier molecular flexibility index (Phi) is 5.42. The molecular weight excluding hydrogens is 353 g/mol. The number of aromatic nitrogens is 1. The van der Waals surface area contributed by atoms with Crippen molar-refractivity contribution in [1.82, 2.24) is 4.57 Å². The molecular formula is C16H13F3N4O3. The minimum Gasteiger partial charge on any atom is -0.493 e. The molecule has 10 heteroatoms. The van der Waals surface area contributed by atoms with Gasteiger partial charge in [-0.05, 0) is 25.1 Å². The molecule has 0 aliphatic rings. The van der Waals surface area contributed by atoms with E-state index >= 15 is 0 Å². The fourth-order valence-electron chi connectivity index (χ4n) is 2.22. The van der Waals surface area contributed by atoms with Gasteiger partial charge in [-0.1, -0.05) is 6.07 Å². The van der Waals surface area contributed by atoms with E-state index in [4.69, 9.17) is 10.4 Å². The maximum Gasteiger partial charge on any atom is 0.416 e. The lowest BCUT2D eigenvalue weighted by molar-refractivity contribution is -0.137. The number of aliphatic hydroxyl groups excluding tert-OH is 1. The molecule has 0 saturated heterocycles. The van der Waals surface area contributed by atoms with Gasteiger partial charge >= 0.3 is 6.18 Å². The molecule has 0 saturated carbocycles. The Morgan fingerprint density at radius 3 is 2.58 bits per heavy atom. The predicted molar refractivity (Wildman–Crippen MR) is 84.5 cm³/mol. The SMILES string of the molecule is Cc1c(C#N)c(O)n(CCO)c(=O)c1N=Nc1cccc(C(F)(F)F)c1. The number of benzene rings is 1. The van der Waals surface area contributed by atoms with E-state index in [1.165, 1.54) is 13.0 Å². The largest absolute Gasteiger partial charge is 0.493 e. The van der Waals surface area contributed by atoms with Crippen LogP contribution in [0, 0.1) is 18.3 Å². The van der Waals surface area contributed by atoms with Gasteiger partial charge in [0.1, 0.15) is 11.6 Å². The summed E-state index contributed by atoms with van der Waals surface area (Å²) in [4.78, 5) is 12.4. The Morgan fingerprint density at radius 2 is 2.00 bits per heavy atom. The van der Waals surface area contributed by atoms with E-state index in [0.29, 0.717) is 0 Å². The fraction of sp³-hybridized carbons (Fsp3) is 0.250. The summed E-state index contributed by atoms with van der Waals surface area (Å²) in [6.45, 7) is 0.584. The van der Waals surface area contributed by atoms with E-state index in [-0.39, 0.29) is 29.0 Å². The molecule has 0 aliphatic heterocycles. The van der Waals surface area contributed by atoms with Crippen molar-refractivity contribution in [2.24, 2.45) is 10.2 Å². The van der Waals surface area contributed by atoms with Crippen LogP contribution in [0.3, 0.4) is 0 Å². The molecule has 26 heavy (non-hydrogen) atoms. The first-order valence-electron chi connectivity index (χ1n) is 7.27. The van der Waals surface area contributed by atoms with Crippen LogP contribution in [-0.4, -0.2) is 21.4 Å². The van der Waals surface area contributed by atoms with Gasteiger partial charge in [0.05, 0.1) is 24.4 Å². The van der Waals surface area contributed by atoms with Crippen LogP contribution >= 0.6 is 0 Å². The van der Waals surface area contributed by atoms with Crippen LogP contribution in [-0.2, 0) is 12.7 Å². The number of aromatic hydroxyl groups is 1. The number of hydrogen-bond acceptors (Lipinski definition) is 6. The molecule has 0 fully saturated rings. The first kappa shape index (κ1) is 19.1. The Balaban J connectivity index is 2.57. The Bertz CT molecular complexity index is 959. The molecule has 2 N–H and O–H groups in total. The Hall–Kier alpha value is -3.19. The number of aliphatic hydroxyl groups is 1. The molecule has 1 aromatic carbocycles. The molecule has 2 aromatic rings. The molecule has 0 bridgehead atoms. The summed E-state index contributed by atoms with van der Waals surface area (Å²) in [6.07, 6.45) is -4.55. The minimum atomic E-state index is -4.55. The van der Waals surface area contributed by atoms with Crippen LogP contribution in [0.5, 0.6) is 5.88 Å². The van der Waals surface area contributed by atoms with Gasteiger partial charge in [0.2, 0.25) is 5.88 Å². The molecule has 0 atom stereocenters. The first-order valence-corrected chi connectivity index (χ1v) is 7.27. The number of rotatable bonds is 4. The summed E-state index contributed by atoms with van der Waals surface area (Å²) < 4.78 is 38.9. The summed E-state index contributed by atoms with van der Waals surface area (Å²) in [7, 11) is 0. The van der Waals surface area contributed by atoms with Gasteiger partial charge in [0.25, 0.3) is 5.56 Å². The maximum atomic E-state index is 12.7. The molecule has 0 aliphatic carbocycles. The topological polar surface area (TPSA) is 111 Å². The van der Waals surface area contributed by atoms with Gasteiger partial charge < -0.3 is 10.2 Å². The zero-order chi connectivity index (χ0) is 19.5. The lowest BCUT2D eigenvalue weighted by Crippen LogP contribution is -2.23. The van der Waals surface area contributed by atoms with Gasteiger partial charge in [-0.15, -0.1) is 5.11 Å². The van der Waals surface area contributed by atoms with Crippen LogP contribution in [0.2, 0.25) is 0 Å². The van der Waals surface area contributed by atoms with Crippen molar-refractivity contribution in [2.75, 3.05) is 6.61 Å². The highest BCUT2D eigenvalue weighted by molar-refractivity contribution is 5.56. The number of hydrogen-bond donors (Lipinski definition) is 2. The highest BCUT2D eigenvalue weighted by atomic mass is 19.4. The molecule has 0 spiro atoms. The van der Waals surface area contributed by atoms with Crippen molar-refractivity contribution in [1.29, 1.82) is 5.26 Å². The van der Waals surface area contributed by atoms with E-state index in [1.54, 1.807) is 6.07 Å². The third-order valence-electron chi connectivity index (χ3n) is 3.53. The van der Waals surface area contributed by atoms with E-state index in [9.17, 15) is 23.1 Å². The average Bonchev–Trinajstić information content (AvgIpc) is 2.58. The summed E-state index contributed by atoms with van der Waals surface area (Å²) >= 11 is 0. The van der Waals surface area contributed by atoms with Crippen LogP contribution in [0.1, 0.15) is 16.7 Å². The number of nitrogens with zero attached hydrogens (tertiary/aromatic N) is 4. The summed E-state index contributed by atoms with van der Waals surface area (Å²) in [5, 5.41) is 35.4. The van der Waals surface area contributed by atoms with Crippen molar-refractivity contribution >= 4 is 11.4 Å². The number of halogens is 3. The highest BCUT2D eigenvalue weighted by Crippen LogP contribution is 2.32. The van der Waals surface area contributed by atoms with Crippen molar-refractivity contribution in [3.63, 3.8) is 0 Å². The van der Waals surface area contributed by atoms with Crippen LogP contribution in [0.15, 0.2) is 39.3 Å². The zero-order valence-corrected chi connectivity index (χ0v) is 13.4. The van der Waals surface area contributed by atoms with Crippen molar-refractivity contribution in [2.45, 2.75) is 19.6 Å². The van der Waals surface area contributed by atoms with Gasteiger partial charge in [-0.25, -0.2) is 0 Å². The second kappa shape index (κ2) is 7.37. The fourth-order valence-corrected chi connectivity index (χ4v) is 2.22. The molecule has 0 amide bonds. The van der Waals surface area contributed by atoms with Crippen LogP contribution < -0.4 is 5.56 Å². The molecule has 1 aromatic heterocycles. The molecule has 2 rings (SSSR count). The monoisotopic (exact) mass is 366 g/mol. The van der Waals surface area contributed by atoms with E-state index in [1.807, 2.05) is 0 Å². The molecule has 7 nitrogen and oxygen atoms in total. The van der Waals surface area contributed by atoms with Gasteiger partial charge in [-0.2, -0.15) is 23.5 Å². The predicted octanol–water partition coefficient (Wildman–Crippen LogP) is 3.16. The third-order valence-corrected chi connectivity index (χ3v) is 3.53. The van der Waals surface area contributed by atoms with Crippen molar-refractivity contribution in [3.8, 4) is 11.9 Å². The van der Waals surface area contributed by atoms with Gasteiger partial charge in [0, 0.05) is 5.56 Å². The maximum absolute atomic E-state index is 12.7. The smallest absolute Gasteiger partial charge is 0.416 e. The summed E-state index contributed by atoms with van der Waals surface area (Å²) in [5.74, 6) is -0.623. The number of azo groups is 1. The van der Waals surface area contributed by atoms with Gasteiger partial charge in [0.15, 0.2) is 5.69 Å². The highest BCUT2D eigenvalue weighted by Gasteiger charge is 2.30. The van der Waals surface area contributed by atoms with Crippen LogP contribution in [0.25, 0.3) is 0 Å². The van der Waals surface area contributed by atoms with Gasteiger partial charge in [-0.3, -0.25) is 9.36 Å². The molecule has 0 unspecified atom stereocenters. The Labute approximate surface area is 145 Å². The van der Waals surface area contributed by atoms with Crippen molar-refractivity contribution in [3.05, 3.63) is 51.3 Å². The first-order chi connectivity index (χ1) is 12.2. The number of nitriles is 1. The number of pyridine rings is 1. The molecule has 0 radical (unpaired) electrons. The van der Waals surface area contributed by atoms with E-state index in [2.05, 4.69) is 10.2 Å². The normalized spacial score (nSPS) is 11.7. The second-order valence-corrected chi connectivity index (χ2v) is 5.21. The van der Waals surface area contributed by atoms with Crippen molar-refractivity contribution < 1.29 is 23.4 Å². The number of alkyl halides is 3. The van der Waals surface area contributed by atoms with E-state index in [0.717, 1.165) is 22.8 Å². The summed E-state index contributed by atoms with van der Waals surface area (Å²) in [5.41, 5.74) is -2.42. The molecule has 1 heterocycles. The quantitative estimate of drug-likeness (QED) is 0.810. The molecule has 136 valence electrons. The summed E-state index contributed by atoms with van der Waals surface area (Å²) in [6, 6.07) is 5.76.